The number of amides is 2. The number of hydrogen-bond acceptors (Lipinski definition) is 5. The molecule has 0 radical (unpaired) electrons. The van der Waals surface area contributed by atoms with Gasteiger partial charge in [0.05, 0.1) is 17.7 Å². The molecule has 0 spiro atoms. The lowest BCUT2D eigenvalue weighted by Gasteiger charge is -2.39. The van der Waals surface area contributed by atoms with E-state index in [0.717, 1.165) is 34.4 Å². The number of carbonyl (C=O) groups excluding carboxylic acids is 2. The van der Waals surface area contributed by atoms with Crippen molar-refractivity contribution in [2.45, 2.75) is 71.7 Å². The van der Waals surface area contributed by atoms with Gasteiger partial charge in [-0.05, 0) is 94.2 Å². The minimum Gasteiger partial charge on any atom is -0.478 e. The van der Waals surface area contributed by atoms with Crippen LogP contribution >= 0.6 is 0 Å². The maximum absolute atomic E-state index is 12.5. The third kappa shape index (κ3) is 5.70. The van der Waals surface area contributed by atoms with Gasteiger partial charge in [0, 0.05) is 24.7 Å². The first-order valence-corrected chi connectivity index (χ1v) is 12.4. The van der Waals surface area contributed by atoms with Gasteiger partial charge in [0.15, 0.2) is 0 Å². The molecule has 2 aromatic carbocycles. The van der Waals surface area contributed by atoms with E-state index in [1.165, 1.54) is 0 Å². The highest BCUT2D eigenvalue weighted by Crippen LogP contribution is 2.41. The van der Waals surface area contributed by atoms with Crippen LogP contribution in [0.25, 0.3) is 11.1 Å². The van der Waals surface area contributed by atoms with Crippen LogP contribution in [-0.4, -0.2) is 54.2 Å². The zero-order valence-electron chi connectivity index (χ0n) is 22.2. The van der Waals surface area contributed by atoms with E-state index < -0.39 is 12.1 Å². The maximum atomic E-state index is 12.5. The van der Waals surface area contributed by atoms with Crippen molar-refractivity contribution in [1.82, 2.24) is 10.2 Å². The summed E-state index contributed by atoms with van der Waals surface area (Å²) in [5, 5.41) is 12.6. The summed E-state index contributed by atoms with van der Waals surface area (Å²) in [7, 11) is 3.95. The summed E-state index contributed by atoms with van der Waals surface area (Å²) in [4.78, 5) is 40.6. The van der Waals surface area contributed by atoms with Gasteiger partial charge in [-0.15, -0.1) is 0 Å². The fourth-order valence-electron chi connectivity index (χ4n) is 5.14. The Hall–Kier alpha value is -3.39. The SMILES string of the molecule is CCC(c1cc(C(=O)O)ccc1-c1ccc2c(c1)[C@H](NC(=O)OC(C)C)C[C@H](C)N2C(C)=O)N(C)C. The van der Waals surface area contributed by atoms with Gasteiger partial charge in [0.2, 0.25) is 5.91 Å². The number of hydrogen-bond donors (Lipinski definition) is 2. The van der Waals surface area contributed by atoms with Gasteiger partial charge in [0.1, 0.15) is 0 Å². The van der Waals surface area contributed by atoms with Crippen molar-refractivity contribution < 1.29 is 24.2 Å². The molecule has 8 heteroatoms. The number of benzene rings is 2. The lowest BCUT2D eigenvalue weighted by Crippen LogP contribution is -2.45. The fourth-order valence-corrected chi connectivity index (χ4v) is 5.14. The Labute approximate surface area is 213 Å². The number of alkyl carbamates (subject to hydrolysis) is 1. The van der Waals surface area contributed by atoms with Crippen LogP contribution in [0.2, 0.25) is 0 Å². The van der Waals surface area contributed by atoms with Crippen molar-refractivity contribution in [3.05, 3.63) is 53.1 Å². The molecule has 0 aliphatic carbocycles. The summed E-state index contributed by atoms with van der Waals surface area (Å²) in [6.45, 7) is 9.17. The molecule has 0 saturated heterocycles. The van der Waals surface area contributed by atoms with E-state index in [1.807, 2.05) is 45.3 Å². The number of aromatic carboxylic acids is 1. The molecule has 194 valence electrons. The van der Waals surface area contributed by atoms with Gasteiger partial charge in [-0.2, -0.15) is 0 Å². The molecule has 0 fully saturated rings. The quantitative estimate of drug-likeness (QED) is 0.535. The van der Waals surface area contributed by atoms with Gasteiger partial charge in [-0.3, -0.25) is 4.79 Å². The second-order valence-corrected chi connectivity index (χ2v) is 9.89. The van der Waals surface area contributed by atoms with Crippen LogP contribution in [0.1, 0.15) is 81.0 Å². The lowest BCUT2D eigenvalue weighted by molar-refractivity contribution is -0.117. The van der Waals surface area contributed by atoms with Crippen LogP contribution in [0.15, 0.2) is 36.4 Å². The number of nitrogens with one attached hydrogen (secondary N) is 1. The Bertz CT molecular complexity index is 1140. The first-order chi connectivity index (χ1) is 16.9. The summed E-state index contributed by atoms with van der Waals surface area (Å²) in [6.07, 6.45) is 0.593. The number of anilines is 1. The van der Waals surface area contributed by atoms with Gasteiger partial charge in [0.25, 0.3) is 0 Å². The molecule has 8 nitrogen and oxygen atoms in total. The molecule has 36 heavy (non-hydrogen) atoms. The van der Waals surface area contributed by atoms with E-state index in [9.17, 15) is 19.5 Å². The third-order valence-electron chi connectivity index (χ3n) is 6.63. The number of carbonyl (C=O) groups is 3. The molecule has 1 unspecified atom stereocenters. The summed E-state index contributed by atoms with van der Waals surface area (Å²) in [5.74, 6) is -1.04. The molecule has 1 aliphatic rings. The zero-order chi connectivity index (χ0) is 26.7. The second-order valence-electron chi connectivity index (χ2n) is 9.89. The zero-order valence-corrected chi connectivity index (χ0v) is 22.2. The molecular formula is C28H37N3O5. The Balaban J connectivity index is 2.17. The minimum absolute atomic E-state index is 0.0130. The van der Waals surface area contributed by atoms with E-state index in [0.29, 0.717) is 6.42 Å². The van der Waals surface area contributed by atoms with Gasteiger partial charge in [-0.1, -0.05) is 19.1 Å². The molecule has 3 rings (SSSR count). The topological polar surface area (TPSA) is 99.2 Å². The molecule has 0 bridgehead atoms. The highest BCUT2D eigenvalue weighted by molar-refractivity contribution is 5.94. The van der Waals surface area contributed by atoms with Gasteiger partial charge < -0.3 is 25.0 Å². The number of carboxylic acid groups (broad SMARTS) is 1. The third-order valence-corrected chi connectivity index (χ3v) is 6.63. The standard InChI is InChI=1S/C28H37N3O5/c1-8-25(30(6)7)22-15-20(27(33)34)9-11-21(22)19-10-12-26-23(14-19)24(29-28(35)36-16(2)3)13-17(4)31(26)18(5)32/h9-12,14-17,24-25H,8,13H2,1-7H3,(H,29,35)(H,33,34)/t17-,24+,25?/m0/s1. The molecule has 2 amide bonds. The van der Waals surface area contributed by atoms with Crippen LogP contribution in [0.4, 0.5) is 10.5 Å². The van der Waals surface area contributed by atoms with Crippen molar-refractivity contribution >= 4 is 23.7 Å². The van der Waals surface area contributed by atoms with Crippen molar-refractivity contribution in [2.24, 2.45) is 0 Å². The minimum atomic E-state index is -0.971. The second kappa shape index (κ2) is 11.1. The number of carboxylic acids is 1. The molecule has 2 aromatic rings. The number of ether oxygens (including phenoxy) is 1. The van der Waals surface area contributed by atoms with Gasteiger partial charge >= 0.3 is 12.1 Å². The first kappa shape index (κ1) is 27.2. The van der Waals surface area contributed by atoms with Crippen LogP contribution < -0.4 is 10.2 Å². The van der Waals surface area contributed by atoms with Crippen molar-refractivity contribution in [3.63, 3.8) is 0 Å². The average molecular weight is 496 g/mol. The van der Waals surface area contributed by atoms with Crippen LogP contribution in [0.3, 0.4) is 0 Å². The molecule has 0 saturated carbocycles. The van der Waals surface area contributed by atoms with E-state index in [1.54, 1.807) is 37.8 Å². The highest BCUT2D eigenvalue weighted by atomic mass is 16.6. The normalized spacial score (nSPS) is 18.1. The van der Waals surface area contributed by atoms with E-state index in [2.05, 4.69) is 17.1 Å². The van der Waals surface area contributed by atoms with E-state index in [-0.39, 0.29) is 35.7 Å². The Morgan fingerprint density at radius 2 is 1.86 bits per heavy atom. The van der Waals surface area contributed by atoms with E-state index >= 15 is 0 Å². The predicted molar refractivity (Wildman–Crippen MR) is 140 cm³/mol. The molecule has 1 heterocycles. The average Bonchev–Trinajstić information content (AvgIpc) is 2.78. The number of rotatable bonds is 7. The lowest BCUT2D eigenvalue weighted by atomic mass is 9.86. The smallest absolute Gasteiger partial charge is 0.407 e. The van der Waals surface area contributed by atoms with Crippen LogP contribution in [-0.2, 0) is 9.53 Å². The van der Waals surface area contributed by atoms with Crippen LogP contribution in [0, 0.1) is 0 Å². The van der Waals surface area contributed by atoms with Crippen molar-refractivity contribution in [1.29, 1.82) is 0 Å². The Morgan fingerprint density at radius 3 is 2.42 bits per heavy atom. The monoisotopic (exact) mass is 495 g/mol. The van der Waals surface area contributed by atoms with Crippen molar-refractivity contribution in [2.75, 3.05) is 19.0 Å². The summed E-state index contributed by atoms with van der Waals surface area (Å²) >= 11 is 0. The number of fused-ring (bicyclic) bond motifs is 1. The highest BCUT2D eigenvalue weighted by Gasteiger charge is 2.34. The molecule has 1 aliphatic heterocycles. The van der Waals surface area contributed by atoms with Crippen LogP contribution in [0.5, 0.6) is 0 Å². The Morgan fingerprint density at radius 1 is 1.17 bits per heavy atom. The number of nitrogens with zero attached hydrogens (tertiary/aromatic N) is 2. The fraction of sp³-hybridized carbons (Fsp3) is 0.464. The molecule has 3 atom stereocenters. The van der Waals surface area contributed by atoms with Gasteiger partial charge in [-0.25, -0.2) is 9.59 Å². The molecule has 0 aromatic heterocycles. The summed E-state index contributed by atoms with van der Waals surface area (Å²) in [6, 6.07) is 10.6. The maximum Gasteiger partial charge on any atom is 0.407 e. The largest absolute Gasteiger partial charge is 0.478 e. The molecular weight excluding hydrogens is 458 g/mol. The first-order valence-electron chi connectivity index (χ1n) is 12.4. The molecule has 2 N–H and O–H groups in total. The Kier molecular flexibility index (Phi) is 8.40. The summed E-state index contributed by atoms with van der Waals surface area (Å²) < 4.78 is 5.33. The van der Waals surface area contributed by atoms with Crippen molar-refractivity contribution in [3.8, 4) is 11.1 Å². The predicted octanol–water partition coefficient (Wildman–Crippen LogP) is 5.39. The van der Waals surface area contributed by atoms with E-state index in [4.69, 9.17) is 4.74 Å². The summed E-state index contributed by atoms with van der Waals surface area (Å²) in [5.41, 5.74) is 4.54.